The summed E-state index contributed by atoms with van der Waals surface area (Å²) < 4.78 is 22.0. The van der Waals surface area contributed by atoms with E-state index in [2.05, 4.69) is 14.9 Å². The highest BCUT2D eigenvalue weighted by Crippen LogP contribution is 2.32. The van der Waals surface area contributed by atoms with Crippen molar-refractivity contribution < 1.29 is 23.7 Å². The first-order valence-corrected chi connectivity index (χ1v) is 11.0. The van der Waals surface area contributed by atoms with E-state index in [9.17, 15) is 4.79 Å². The molecule has 4 rings (SSSR count). The van der Waals surface area contributed by atoms with Crippen LogP contribution in [0.4, 0.5) is 5.13 Å². The Balaban J connectivity index is 1.67. The van der Waals surface area contributed by atoms with Crippen molar-refractivity contribution in [3.8, 4) is 17.6 Å². The van der Waals surface area contributed by atoms with E-state index in [1.807, 2.05) is 18.2 Å². The zero-order valence-electron chi connectivity index (χ0n) is 18.2. The Morgan fingerprint density at radius 3 is 2.62 bits per heavy atom. The topological polar surface area (TPSA) is 99.1 Å². The predicted molar refractivity (Wildman–Crippen MR) is 120 cm³/mol. The molecule has 10 nitrogen and oxygen atoms in total. The van der Waals surface area contributed by atoms with Crippen molar-refractivity contribution in [3.63, 3.8) is 0 Å². The number of thiazole rings is 1. The summed E-state index contributed by atoms with van der Waals surface area (Å²) in [7, 11) is 4.55. The van der Waals surface area contributed by atoms with E-state index in [0.717, 1.165) is 29.1 Å². The Morgan fingerprint density at radius 2 is 1.91 bits per heavy atom. The molecule has 0 N–H and O–H groups in total. The third-order valence-corrected chi connectivity index (χ3v) is 6.14. The zero-order valence-corrected chi connectivity index (χ0v) is 19.1. The van der Waals surface area contributed by atoms with Crippen LogP contribution in [0.5, 0.6) is 17.6 Å². The van der Waals surface area contributed by atoms with Crippen LogP contribution >= 0.6 is 11.3 Å². The maximum Gasteiger partial charge on any atom is 0.320 e. The molecule has 1 aromatic carbocycles. The van der Waals surface area contributed by atoms with Crippen LogP contribution in [0.3, 0.4) is 0 Å². The average molecular weight is 460 g/mol. The molecule has 0 bridgehead atoms. The van der Waals surface area contributed by atoms with Crippen molar-refractivity contribution in [1.29, 1.82) is 0 Å². The van der Waals surface area contributed by atoms with Gasteiger partial charge in [0.15, 0.2) is 5.13 Å². The molecule has 1 aliphatic rings. The highest BCUT2D eigenvalue weighted by atomic mass is 32.1. The second-order valence-corrected chi connectivity index (χ2v) is 8.03. The van der Waals surface area contributed by atoms with Gasteiger partial charge in [0.05, 0.1) is 44.8 Å². The van der Waals surface area contributed by atoms with E-state index in [4.69, 9.17) is 23.9 Å². The van der Waals surface area contributed by atoms with Gasteiger partial charge in [-0.3, -0.25) is 14.6 Å². The minimum atomic E-state index is -0.303. The van der Waals surface area contributed by atoms with E-state index in [1.54, 1.807) is 12.0 Å². The summed E-state index contributed by atoms with van der Waals surface area (Å²) >= 11 is 1.43. The molecule has 0 saturated carbocycles. The van der Waals surface area contributed by atoms with Gasteiger partial charge >= 0.3 is 6.01 Å². The molecule has 2 aromatic heterocycles. The van der Waals surface area contributed by atoms with E-state index in [-0.39, 0.29) is 23.5 Å². The first kappa shape index (κ1) is 22.2. The number of nitrogens with zero attached hydrogens (tertiary/aromatic N) is 5. The molecule has 0 unspecified atom stereocenters. The number of hydrogen-bond acceptors (Lipinski definition) is 10. The Kier molecular flexibility index (Phi) is 6.98. The van der Waals surface area contributed by atoms with Gasteiger partial charge in [-0.2, -0.15) is 9.97 Å². The molecule has 0 radical (unpaired) electrons. The highest BCUT2D eigenvalue weighted by molar-refractivity contribution is 7.22. The number of morpholine rings is 1. The van der Waals surface area contributed by atoms with Crippen molar-refractivity contribution in [2.75, 3.05) is 65.6 Å². The largest absolute Gasteiger partial charge is 0.497 e. The van der Waals surface area contributed by atoms with Gasteiger partial charge < -0.3 is 18.9 Å². The summed E-state index contributed by atoms with van der Waals surface area (Å²) in [5, 5.41) is 0.586. The minimum absolute atomic E-state index is 0.0647. The first-order valence-electron chi connectivity index (χ1n) is 10.1. The summed E-state index contributed by atoms with van der Waals surface area (Å²) in [5.74, 6) is 0.690. The normalized spacial score (nSPS) is 14.3. The summed E-state index contributed by atoms with van der Waals surface area (Å²) in [5.41, 5.74) is 0.973. The number of carbonyl (C=O) groups is 1. The zero-order chi connectivity index (χ0) is 22.5. The molecule has 3 heterocycles. The molecule has 11 heteroatoms. The van der Waals surface area contributed by atoms with Crippen molar-refractivity contribution >= 4 is 32.6 Å². The van der Waals surface area contributed by atoms with Crippen molar-refractivity contribution in [2.24, 2.45) is 0 Å². The number of ether oxygens (including phenoxy) is 4. The molecule has 1 aliphatic heterocycles. The SMILES string of the molecule is COc1ccc2nc(N(CCN3CCOCC3)C(=O)c3cc(OC)nc(OC)n3)sc2c1. The third kappa shape index (κ3) is 4.90. The molecule has 170 valence electrons. The standard InChI is InChI=1S/C21H25N5O5S/c1-28-14-4-5-15-17(12-14)32-21(23-15)26(7-6-25-8-10-31-11-9-25)19(27)16-13-18(29-2)24-20(22-16)30-3/h4-5,12-13H,6-11H2,1-3H3. The second kappa shape index (κ2) is 10.1. The number of anilines is 1. The van der Waals surface area contributed by atoms with Gasteiger partial charge in [-0.1, -0.05) is 11.3 Å². The van der Waals surface area contributed by atoms with Gasteiger partial charge in [-0.15, -0.1) is 0 Å². The second-order valence-electron chi connectivity index (χ2n) is 7.02. The van der Waals surface area contributed by atoms with Crippen LogP contribution in [0.25, 0.3) is 10.2 Å². The van der Waals surface area contributed by atoms with Gasteiger partial charge in [0.2, 0.25) is 5.88 Å². The Bertz CT molecular complexity index is 1060. The van der Waals surface area contributed by atoms with Crippen LogP contribution in [0.2, 0.25) is 0 Å². The number of carbonyl (C=O) groups excluding carboxylic acids is 1. The molecule has 0 aliphatic carbocycles. The quantitative estimate of drug-likeness (QED) is 0.501. The number of hydrogen-bond donors (Lipinski definition) is 0. The molecular weight excluding hydrogens is 434 g/mol. The lowest BCUT2D eigenvalue weighted by Crippen LogP contribution is -2.43. The highest BCUT2D eigenvalue weighted by Gasteiger charge is 2.25. The first-order chi connectivity index (χ1) is 15.6. The Hall–Kier alpha value is -3.02. The number of methoxy groups -OCH3 is 3. The lowest BCUT2D eigenvalue weighted by Gasteiger charge is -2.29. The number of rotatable bonds is 8. The summed E-state index contributed by atoms with van der Waals surface area (Å²) in [4.78, 5) is 30.5. The van der Waals surface area contributed by atoms with Crippen LogP contribution in [-0.2, 0) is 4.74 Å². The molecule has 1 saturated heterocycles. The minimum Gasteiger partial charge on any atom is -0.497 e. The van der Waals surface area contributed by atoms with E-state index in [1.165, 1.54) is 31.6 Å². The fourth-order valence-electron chi connectivity index (χ4n) is 3.33. The number of aromatic nitrogens is 3. The van der Waals surface area contributed by atoms with Gasteiger partial charge in [-0.25, -0.2) is 4.98 Å². The van der Waals surface area contributed by atoms with E-state index >= 15 is 0 Å². The van der Waals surface area contributed by atoms with Crippen LogP contribution in [0.15, 0.2) is 24.3 Å². The number of amides is 1. The lowest BCUT2D eigenvalue weighted by molar-refractivity contribution is 0.0391. The smallest absolute Gasteiger partial charge is 0.320 e. The fourth-order valence-corrected chi connectivity index (χ4v) is 4.35. The monoisotopic (exact) mass is 459 g/mol. The fraction of sp³-hybridized carbons (Fsp3) is 0.429. The molecular formula is C21H25N5O5S. The number of fused-ring (bicyclic) bond motifs is 1. The van der Waals surface area contributed by atoms with Crippen LogP contribution in [-0.4, -0.2) is 86.5 Å². The lowest BCUT2D eigenvalue weighted by atomic mass is 10.3. The average Bonchev–Trinajstić information content (AvgIpc) is 3.27. The molecule has 0 spiro atoms. The van der Waals surface area contributed by atoms with Crippen LogP contribution in [0, 0.1) is 0 Å². The molecule has 0 atom stereocenters. The van der Waals surface area contributed by atoms with Gasteiger partial charge in [0.25, 0.3) is 5.91 Å². The maximum absolute atomic E-state index is 13.6. The van der Waals surface area contributed by atoms with Gasteiger partial charge in [0, 0.05) is 32.2 Å². The van der Waals surface area contributed by atoms with Crippen molar-refractivity contribution in [1.82, 2.24) is 19.9 Å². The predicted octanol–water partition coefficient (Wildman–Crippen LogP) is 2.09. The Labute approximate surface area is 189 Å². The van der Waals surface area contributed by atoms with Crippen molar-refractivity contribution in [3.05, 3.63) is 30.0 Å². The summed E-state index contributed by atoms with van der Waals surface area (Å²) in [6, 6.07) is 7.22. The third-order valence-electron chi connectivity index (χ3n) is 5.10. The van der Waals surface area contributed by atoms with Gasteiger partial charge in [-0.05, 0) is 18.2 Å². The molecule has 32 heavy (non-hydrogen) atoms. The van der Waals surface area contributed by atoms with Crippen LogP contribution < -0.4 is 19.1 Å². The maximum atomic E-state index is 13.6. The molecule has 3 aromatic rings. The number of benzene rings is 1. The molecule has 1 fully saturated rings. The van der Waals surface area contributed by atoms with E-state index in [0.29, 0.717) is 31.4 Å². The van der Waals surface area contributed by atoms with E-state index < -0.39 is 0 Å². The Morgan fingerprint density at radius 1 is 1.09 bits per heavy atom. The van der Waals surface area contributed by atoms with Gasteiger partial charge in [0.1, 0.15) is 11.4 Å². The van der Waals surface area contributed by atoms with Crippen LogP contribution in [0.1, 0.15) is 10.5 Å². The summed E-state index contributed by atoms with van der Waals surface area (Å²) in [6.45, 7) is 4.17. The summed E-state index contributed by atoms with van der Waals surface area (Å²) in [6.07, 6.45) is 0. The molecule has 1 amide bonds. The van der Waals surface area contributed by atoms with Crippen molar-refractivity contribution in [2.45, 2.75) is 0 Å².